The predicted molar refractivity (Wildman–Crippen MR) is 53.7 cm³/mol. The zero-order valence-corrected chi connectivity index (χ0v) is 8.08. The Kier molecular flexibility index (Phi) is 6.38. The van der Waals surface area contributed by atoms with Crippen molar-refractivity contribution in [2.24, 2.45) is 10.8 Å². The highest BCUT2D eigenvalue weighted by molar-refractivity contribution is 5.28. The minimum Gasteiger partial charge on any atom is -0.316 e. The zero-order chi connectivity index (χ0) is 9.40. The molecule has 0 spiro atoms. The van der Waals surface area contributed by atoms with E-state index in [1.807, 2.05) is 13.1 Å². The highest BCUT2D eigenvalue weighted by Gasteiger charge is 1.93. The smallest absolute Gasteiger partial charge is 0.0566 e. The monoisotopic (exact) mass is 169 g/mol. The Bertz CT molecular complexity index is 152. The number of rotatable bonds is 6. The molecule has 0 rings (SSSR count). The number of hydrogen-bond acceptors (Lipinski definition) is 3. The van der Waals surface area contributed by atoms with Crippen LogP contribution in [-0.2, 0) is 0 Å². The van der Waals surface area contributed by atoms with Crippen LogP contribution in [0.5, 0.6) is 0 Å². The number of allylic oxidation sites excluding steroid dienone is 1. The summed E-state index contributed by atoms with van der Waals surface area (Å²) in [5.41, 5.74) is 0.939. The normalized spacial score (nSPS) is 11.4. The first-order valence-corrected chi connectivity index (χ1v) is 4.43. The Morgan fingerprint density at radius 3 is 2.67 bits per heavy atom. The van der Waals surface area contributed by atoms with E-state index in [9.17, 15) is 0 Å². The van der Waals surface area contributed by atoms with E-state index in [4.69, 9.17) is 5.84 Å². The first kappa shape index (κ1) is 11.2. The lowest BCUT2D eigenvalue weighted by atomic mass is 10.3. The lowest BCUT2D eigenvalue weighted by molar-refractivity contribution is 0.380. The first-order chi connectivity index (χ1) is 5.74. The lowest BCUT2D eigenvalue weighted by Crippen LogP contribution is -2.26. The second kappa shape index (κ2) is 6.85. The summed E-state index contributed by atoms with van der Waals surface area (Å²) in [5, 5.41) is 1.68. The number of hydrazine groups is 1. The molecule has 12 heavy (non-hydrogen) atoms. The second-order valence-corrected chi connectivity index (χ2v) is 2.72. The number of nitrogens with zero attached hydrogens (tertiary/aromatic N) is 2. The van der Waals surface area contributed by atoms with E-state index in [-0.39, 0.29) is 0 Å². The molecule has 0 aromatic rings. The summed E-state index contributed by atoms with van der Waals surface area (Å²) < 4.78 is 0. The highest BCUT2D eigenvalue weighted by Crippen LogP contribution is 2.02. The topological polar surface area (TPSA) is 41.6 Å². The molecule has 3 nitrogen and oxygen atoms in total. The number of aliphatic imine (C=N–C) groups is 1. The number of unbranched alkanes of at least 4 members (excludes halogenated alkanes) is 1. The van der Waals surface area contributed by atoms with Crippen LogP contribution in [0.25, 0.3) is 0 Å². The molecule has 0 heterocycles. The van der Waals surface area contributed by atoms with Gasteiger partial charge in [-0.05, 0) is 19.6 Å². The van der Waals surface area contributed by atoms with Crippen molar-refractivity contribution in [3.8, 4) is 0 Å². The molecule has 0 saturated carbocycles. The predicted octanol–water partition coefficient (Wildman–Crippen LogP) is 1.91. The summed E-state index contributed by atoms with van der Waals surface area (Å²) in [4.78, 5) is 3.84. The molecule has 3 heteroatoms. The quantitative estimate of drug-likeness (QED) is 0.375. The van der Waals surface area contributed by atoms with E-state index in [2.05, 4.69) is 18.6 Å². The maximum absolute atomic E-state index is 5.68. The summed E-state index contributed by atoms with van der Waals surface area (Å²) in [6.07, 6.45) is 5.00. The van der Waals surface area contributed by atoms with Crippen LogP contribution in [0.2, 0.25) is 0 Å². The van der Waals surface area contributed by atoms with Crippen LogP contribution in [0, 0.1) is 0 Å². The number of nitrogens with two attached hydrogens (primary N) is 1. The van der Waals surface area contributed by atoms with Gasteiger partial charge in [0, 0.05) is 12.7 Å². The fourth-order valence-corrected chi connectivity index (χ4v) is 0.841. The van der Waals surface area contributed by atoms with Crippen LogP contribution in [0.4, 0.5) is 0 Å². The van der Waals surface area contributed by atoms with Gasteiger partial charge in [-0.15, -0.1) is 0 Å². The molecule has 0 aliphatic carbocycles. The van der Waals surface area contributed by atoms with Gasteiger partial charge in [0.15, 0.2) is 0 Å². The zero-order valence-electron chi connectivity index (χ0n) is 8.08. The SMILES string of the molecule is C=N/C(=C\N(N)CCCC)CC. The van der Waals surface area contributed by atoms with Crippen LogP contribution >= 0.6 is 0 Å². The fourth-order valence-electron chi connectivity index (χ4n) is 0.841. The van der Waals surface area contributed by atoms with Gasteiger partial charge in [0.2, 0.25) is 0 Å². The van der Waals surface area contributed by atoms with Crippen molar-refractivity contribution in [1.29, 1.82) is 0 Å². The Morgan fingerprint density at radius 2 is 2.25 bits per heavy atom. The molecule has 70 valence electrons. The van der Waals surface area contributed by atoms with E-state index in [1.165, 1.54) is 0 Å². The van der Waals surface area contributed by atoms with Crippen molar-refractivity contribution in [2.45, 2.75) is 33.1 Å². The molecule has 0 saturated heterocycles. The van der Waals surface area contributed by atoms with Crippen molar-refractivity contribution >= 4 is 6.72 Å². The van der Waals surface area contributed by atoms with Crippen molar-refractivity contribution in [1.82, 2.24) is 5.01 Å². The molecule has 0 fully saturated rings. The van der Waals surface area contributed by atoms with Gasteiger partial charge in [-0.25, -0.2) is 5.84 Å². The van der Waals surface area contributed by atoms with Crippen molar-refractivity contribution < 1.29 is 0 Å². The third kappa shape index (κ3) is 4.91. The molecule has 0 radical (unpaired) electrons. The molecule has 0 amide bonds. The Morgan fingerprint density at radius 1 is 1.58 bits per heavy atom. The van der Waals surface area contributed by atoms with Crippen LogP contribution in [-0.4, -0.2) is 18.3 Å². The highest BCUT2D eigenvalue weighted by atomic mass is 15.4. The first-order valence-electron chi connectivity index (χ1n) is 4.43. The summed E-state index contributed by atoms with van der Waals surface area (Å²) in [6.45, 7) is 8.53. The van der Waals surface area contributed by atoms with E-state index < -0.39 is 0 Å². The van der Waals surface area contributed by atoms with Gasteiger partial charge in [-0.2, -0.15) is 0 Å². The molecule has 0 unspecified atom stereocenters. The molecule has 0 aromatic heterocycles. The van der Waals surface area contributed by atoms with E-state index in [0.717, 1.165) is 31.5 Å². The van der Waals surface area contributed by atoms with Gasteiger partial charge in [0.05, 0.1) is 5.70 Å². The molecular weight excluding hydrogens is 150 g/mol. The Balaban J connectivity index is 3.84. The van der Waals surface area contributed by atoms with Crippen molar-refractivity contribution in [3.05, 3.63) is 11.9 Å². The molecule has 2 N–H and O–H groups in total. The molecule has 0 aliphatic rings. The Labute approximate surface area is 74.9 Å². The summed E-state index contributed by atoms with van der Waals surface area (Å²) in [5.74, 6) is 5.68. The van der Waals surface area contributed by atoms with E-state index in [1.54, 1.807) is 5.01 Å². The molecule has 0 bridgehead atoms. The van der Waals surface area contributed by atoms with Gasteiger partial charge < -0.3 is 5.01 Å². The third-order valence-electron chi connectivity index (χ3n) is 1.65. The van der Waals surface area contributed by atoms with E-state index >= 15 is 0 Å². The maximum atomic E-state index is 5.68. The summed E-state index contributed by atoms with van der Waals surface area (Å²) >= 11 is 0. The average Bonchev–Trinajstić information content (AvgIpc) is 2.10. The molecule has 0 atom stereocenters. The third-order valence-corrected chi connectivity index (χ3v) is 1.65. The number of hydrogen-bond donors (Lipinski definition) is 1. The van der Waals surface area contributed by atoms with Crippen molar-refractivity contribution in [3.63, 3.8) is 0 Å². The van der Waals surface area contributed by atoms with Crippen molar-refractivity contribution in [2.75, 3.05) is 6.54 Å². The van der Waals surface area contributed by atoms with E-state index in [0.29, 0.717) is 0 Å². The Hall–Kier alpha value is -0.830. The molecule has 0 aliphatic heterocycles. The van der Waals surface area contributed by atoms with Crippen LogP contribution in [0.1, 0.15) is 33.1 Å². The van der Waals surface area contributed by atoms with Gasteiger partial charge in [0.1, 0.15) is 0 Å². The lowest BCUT2D eigenvalue weighted by Gasteiger charge is -2.13. The summed E-state index contributed by atoms with van der Waals surface area (Å²) in [7, 11) is 0. The molecular formula is C9H19N3. The van der Waals surface area contributed by atoms with Crippen LogP contribution < -0.4 is 5.84 Å². The molecule has 0 aromatic carbocycles. The van der Waals surface area contributed by atoms with Gasteiger partial charge in [-0.1, -0.05) is 20.3 Å². The minimum absolute atomic E-state index is 0.878. The average molecular weight is 169 g/mol. The second-order valence-electron chi connectivity index (χ2n) is 2.72. The van der Waals surface area contributed by atoms with Gasteiger partial charge in [0.25, 0.3) is 0 Å². The largest absolute Gasteiger partial charge is 0.316 e. The standard InChI is InChI=1S/C9H19N3/c1-4-6-7-12(10)8-9(5-2)11-3/h8H,3-7,10H2,1-2H3/b9-8-. The maximum Gasteiger partial charge on any atom is 0.0566 e. The fraction of sp³-hybridized carbons (Fsp3) is 0.667. The van der Waals surface area contributed by atoms with Crippen LogP contribution in [0.3, 0.4) is 0 Å². The van der Waals surface area contributed by atoms with Gasteiger partial charge in [-0.3, -0.25) is 4.99 Å². The van der Waals surface area contributed by atoms with Crippen LogP contribution in [0.15, 0.2) is 16.9 Å². The minimum atomic E-state index is 0.878. The van der Waals surface area contributed by atoms with Gasteiger partial charge >= 0.3 is 0 Å². The summed E-state index contributed by atoms with van der Waals surface area (Å²) in [6, 6.07) is 0.